The molecule has 0 fully saturated rings. The Labute approximate surface area is 110 Å². The molecule has 100 valence electrons. The third kappa shape index (κ3) is 3.12. The molecule has 0 saturated heterocycles. The first kappa shape index (κ1) is 13.6. The molecule has 1 aromatic rings. The van der Waals surface area contributed by atoms with Gasteiger partial charge in [0.1, 0.15) is 0 Å². The minimum atomic E-state index is -0.227. The molecule has 0 amide bonds. The van der Waals surface area contributed by atoms with Gasteiger partial charge in [0.05, 0.1) is 6.61 Å². The minimum absolute atomic E-state index is 0.155. The summed E-state index contributed by atoms with van der Waals surface area (Å²) in [4.78, 5) is 0. The van der Waals surface area contributed by atoms with Gasteiger partial charge in [0.25, 0.3) is 0 Å². The van der Waals surface area contributed by atoms with Gasteiger partial charge in [-0.2, -0.15) is 0 Å². The molecule has 2 nitrogen and oxygen atoms in total. The number of aliphatic hydroxyl groups is 1. The summed E-state index contributed by atoms with van der Waals surface area (Å²) in [6, 6.07) is 7.14. The van der Waals surface area contributed by atoms with E-state index in [9.17, 15) is 5.11 Å². The van der Waals surface area contributed by atoms with Crippen molar-refractivity contribution in [3.63, 3.8) is 0 Å². The number of nitrogens with one attached hydrogen (secondary N) is 1. The molecule has 18 heavy (non-hydrogen) atoms. The fourth-order valence-corrected chi connectivity index (χ4v) is 2.74. The summed E-state index contributed by atoms with van der Waals surface area (Å²) in [5, 5.41) is 12.8. The van der Waals surface area contributed by atoms with E-state index in [0.29, 0.717) is 0 Å². The van der Waals surface area contributed by atoms with Gasteiger partial charge in [-0.15, -0.1) is 0 Å². The van der Waals surface area contributed by atoms with Crippen LogP contribution in [0.5, 0.6) is 0 Å². The fraction of sp³-hybridized carbons (Fsp3) is 0.625. The zero-order valence-electron chi connectivity index (χ0n) is 11.8. The molecule has 1 atom stereocenters. The van der Waals surface area contributed by atoms with Gasteiger partial charge in [-0.3, -0.25) is 0 Å². The fourth-order valence-electron chi connectivity index (χ4n) is 2.74. The average Bonchev–Trinajstić information content (AvgIpc) is 2.37. The van der Waals surface area contributed by atoms with Gasteiger partial charge in [0.15, 0.2) is 0 Å². The number of fused-ring (bicyclic) bond motifs is 1. The molecule has 0 aromatic heterocycles. The van der Waals surface area contributed by atoms with E-state index in [2.05, 4.69) is 30.4 Å². The first-order valence-electron chi connectivity index (χ1n) is 7.02. The minimum Gasteiger partial charge on any atom is -0.394 e. The summed E-state index contributed by atoms with van der Waals surface area (Å²) in [6.45, 7) is 6.38. The van der Waals surface area contributed by atoms with E-state index in [1.54, 1.807) is 0 Å². The molecule has 0 heterocycles. The van der Waals surface area contributed by atoms with Crippen LogP contribution in [-0.4, -0.2) is 17.3 Å². The molecule has 2 N–H and O–H groups in total. The van der Waals surface area contributed by atoms with Gasteiger partial charge in [0.2, 0.25) is 0 Å². The van der Waals surface area contributed by atoms with E-state index >= 15 is 0 Å². The Balaban J connectivity index is 2.13. The maximum atomic E-state index is 9.32. The van der Waals surface area contributed by atoms with Gasteiger partial charge in [0, 0.05) is 11.6 Å². The van der Waals surface area contributed by atoms with Crippen LogP contribution in [0.25, 0.3) is 0 Å². The molecule has 1 unspecified atom stereocenters. The van der Waals surface area contributed by atoms with Crippen molar-refractivity contribution in [3.8, 4) is 0 Å². The van der Waals surface area contributed by atoms with E-state index in [0.717, 1.165) is 0 Å². The maximum absolute atomic E-state index is 9.32. The summed E-state index contributed by atoms with van der Waals surface area (Å²) in [6.07, 6.45) is 5.11. The molecular weight excluding hydrogens is 222 g/mol. The SMILES string of the molecule is CC(NC(C)(C)CO)c1ccc2c(c1)CCCC2. The maximum Gasteiger partial charge on any atom is 0.0608 e. The van der Waals surface area contributed by atoms with Gasteiger partial charge in [-0.25, -0.2) is 0 Å². The number of hydrogen-bond donors (Lipinski definition) is 2. The Hall–Kier alpha value is -0.860. The van der Waals surface area contributed by atoms with Crippen LogP contribution in [0.2, 0.25) is 0 Å². The molecule has 0 saturated carbocycles. The lowest BCUT2D eigenvalue weighted by Gasteiger charge is -2.29. The van der Waals surface area contributed by atoms with Crippen LogP contribution < -0.4 is 5.32 Å². The van der Waals surface area contributed by atoms with E-state index < -0.39 is 0 Å². The molecular formula is C16H25NO. The third-order valence-corrected chi connectivity index (χ3v) is 3.88. The van der Waals surface area contributed by atoms with Crippen LogP contribution in [0.1, 0.15) is 56.3 Å². The standard InChI is InChI=1S/C16H25NO/c1-12(17-16(2,3)11-18)14-9-8-13-6-4-5-7-15(13)10-14/h8-10,12,17-18H,4-7,11H2,1-3H3. The highest BCUT2D eigenvalue weighted by atomic mass is 16.3. The number of aryl methyl sites for hydroxylation is 2. The lowest BCUT2D eigenvalue weighted by Crippen LogP contribution is -2.43. The summed E-state index contributed by atoms with van der Waals surface area (Å²) >= 11 is 0. The second kappa shape index (κ2) is 5.41. The van der Waals surface area contributed by atoms with Crippen LogP contribution in [0.4, 0.5) is 0 Å². The summed E-state index contributed by atoms with van der Waals surface area (Å²) in [7, 11) is 0. The Morgan fingerprint density at radius 1 is 1.22 bits per heavy atom. The molecule has 1 aliphatic carbocycles. The van der Waals surface area contributed by atoms with Crippen molar-refractivity contribution < 1.29 is 5.11 Å². The molecule has 0 radical (unpaired) electrons. The van der Waals surface area contributed by atoms with Crippen molar-refractivity contribution in [1.82, 2.24) is 5.32 Å². The molecule has 1 aromatic carbocycles. The van der Waals surface area contributed by atoms with E-state index in [1.807, 2.05) is 13.8 Å². The predicted octanol–water partition coefficient (Wildman–Crippen LogP) is 2.99. The summed E-state index contributed by atoms with van der Waals surface area (Å²) in [5.74, 6) is 0. The van der Waals surface area contributed by atoms with Gasteiger partial charge in [-0.05, 0) is 63.1 Å². The zero-order valence-corrected chi connectivity index (χ0v) is 11.8. The van der Waals surface area contributed by atoms with E-state index in [1.165, 1.54) is 42.4 Å². The molecule has 0 spiro atoms. The van der Waals surface area contributed by atoms with Gasteiger partial charge in [-0.1, -0.05) is 18.2 Å². The Morgan fingerprint density at radius 3 is 2.56 bits per heavy atom. The number of hydrogen-bond acceptors (Lipinski definition) is 2. The van der Waals surface area contributed by atoms with E-state index in [4.69, 9.17) is 0 Å². The van der Waals surface area contributed by atoms with Crippen molar-refractivity contribution in [3.05, 3.63) is 34.9 Å². The first-order chi connectivity index (χ1) is 8.52. The highest BCUT2D eigenvalue weighted by molar-refractivity contribution is 5.35. The van der Waals surface area contributed by atoms with E-state index in [-0.39, 0.29) is 18.2 Å². The number of benzene rings is 1. The van der Waals surface area contributed by atoms with Crippen molar-refractivity contribution in [2.75, 3.05) is 6.61 Å². The summed E-state index contributed by atoms with van der Waals surface area (Å²) < 4.78 is 0. The molecule has 1 aliphatic rings. The Kier molecular flexibility index (Phi) is 4.08. The first-order valence-corrected chi connectivity index (χ1v) is 7.02. The van der Waals surface area contributed by atoms with Crippen LogP contribution in [0, 0.1) is 0 Å². The second-order valence-electron chi connectivity index (χ2n) is 6.14. The van der Waals surface area contributed by atoms with Crippen LogP contribution in [0.3, 0.4) is 0 Å². The van der Waals surface area contributed by atoms with Crippen LogP contribution in [-0.2, 0) is 12.8 Å². The van der Waals surface area contributed by atoms with Crippen LogP contribution in [0.15, 0.2) is 18.2 Å². The van der Waals surface area contributed by atoms with Gasteiger partial charge >= 0.3 is 0 Å². The normalized spacial score (nSPS) is 17.3. The largest absolute Gasteiger partial charge is 0.394 e. The van der Waals surface area contributed by atoms with Crippen LogP contribution >= 0.6 is 0 Å². The van der Waals surface area contributed by atoms with Gasteiger partial charge < -0.3 is 10.4 Å². The highest BCUT2D eigenvalue weighted by Gasteiger charge is 2.20. The van der Waals surface area contributed by atoms with Crippen molar-refractivity contribution in [2.45, 2.75) is 58.0 Å². The monoisotopic (exact) mass is 247 g/mol. The summed E-state index contributed by atoms with van der Waals surface area (Å²) in [5.41, 5.74) is 4.15. The Morgan fingerprint density at radius 2 is 1.89 bits per heavy atom. The number of aliphatic hydroxyl groups excluding tert-OH is 1. The predicted molar refractivity (Wildman–Crippen MR) is 75.8 cm³/mol. The highest BCUT2D eigenvalue weighted by Crippen LogP contribution is 2.25. The number of rotatable bonds is 4. The lowest BCUT2D eigenvalue weighted by atomic mass is 9.89. The lowest BCUT2D eigenvalue weighted by molar-refractivity contribution is 0.178. The zero-order chi connectivity index (χ0) is 13.2. The molecule has 0 aliphatic heterocycles. The molecule has 0 bridgehead atoms. The molecule has 2 heteroatoms. The Bertz CT molecular complexity index is 412. The van der Waals surface area contributed by atoms with Crippen molar-refractivity contribution >= 4 is 0 Å². The van der Waals surface area contributed by atoms with Crippen molar-refractivity contribution in [1.29, 1.82) is 0 Å². The van der Waals surface area contributed by atoms with Crippen molar-refractivity contribution in [2.24, 2.45) is 0 Å². The smallest absolute Gasteiger partial charge is 0.0608 e. The quantitative estimate of drug-likeness (QED) is 0.857. The molecule has 2 rings (SSSR count). The average molecular weight is 247 g/mol. The second-order valence-corrected chi connectivity index (χ2v) is 6.14. The third-order valence-electron chi connectivity index (χ3n) is 3.88. The topological polar surface area (TPSA) is 32.3 Å².